The maximum Gasteiger partial charge on any atom is 0.296 e. The lowest BCUT2D eigenvalue weighted by Gasteiger charge is -2.21. The molecule has 0 aliphatic heterocycles. The van der Waals surface area contributed by atoms with Crippen LogP contribution in [0.2, 0.25) is 0 Å². The zero-order valence-corrected chi connectivity index (χ0v) is 14.0. The van der Waals surface area contributed by atoms with E-state index in [9.17, 15) is 9.59 Å². The molecule has 1 N–H and O–H groups in total. The lowest BCUT2D eigenvalue weighted by atomic mass is 9.94. The first-order valence-electron chi connectivity index (χ1n) is 7.92. The number of hydrogen-bond donors (Lipinski definition) is 1. The molecule has 0 fully saturated rings. The van der Waals surface area contributed by atoms with Gasteiger partial charge in [-0.1, -0.05) is 29.8 Å². The number of rotatable bonds is 5. The van der Waals surface area contributed by atoms with E-state index in [0.717, 1.165) is 22.3 Å². The smallest absolute Gasteiger partial charge is 0.296 e. The SMILES string of the molecule is Cc1ccc(C(NC(=O)C(=O)c2ccco2)c2cccnc2)c(C)c1. The molecule has 0 saturated heterocycles. The fraction of sp³-hybridized carbons (Fsp3) is 0.150. The molecular weight excluding hydrogens is 316 g/mol. The number of hydrogen-bond acceptors (Lipinski definition) is 4. The van der Waals surface area contributed by atoms with Crippen molar-refractivity contribution in [2.75, 3.05) is 0 Å². The minimum absolute atomic E-state index is 0.0167. The number of furan rings is 1. The van der Waals surface area contributed by atoms with E-state index in [1.54, 1.807) is 24.5 Å². The van der Waals surface area contributed by atoms with Gasteiger partial charge >= 0.3 is 0 Å². The van der Waals surface area contributed by atoms with E-state index in [2.05, 4.69) is 10.3 Å². The molecule has 5 nitrogen and oxygen atoms in total. The van der Waals surface area contributed by atoms with Crippen molar-refractivity contribution in [2.24, 2.45) is 0 Å². The molecule has 0 bridgehead atoms. The van der Waals surface area contributed by atoms with Crippen LogP contribution in [0, 0.1) is 13.8 Å². The molecule has 0 radical (unpaired) electrons. The Balaban J connectivity index is 1.95. The van der Waals surface area contributed by atoms with Gasteiger partial charge in [0.15, 0.2) is 5.76 Å². The Bertz CT molecular complexity index is 887. The normalized spacial score (nSPS) is 11.8. The van der Waals surface area contributed by atoms with E-state index in [4.69, 9.17) is 4.42 Å². The highest BCUT2D eigenvalue weighted by atomic mass is 16.3. The topological polar surface area (TPSA) is 72.2 Å². The molecule has 2 heterocycles. The number of carbonyl (C=O) groups excluding carboxylic acids is 2. The minimum Gasteiger partial charge on any atom is -0.461 e. The number of Topliss-reactive ketones (excluding diaryl/α,β-unsaturated/α-hetero) is 1. The summed E-state index contributed by atoms with van der Waals surface area (Å²) in [7, 11) is 0. The maximum atomic E-state index is 12.4. The third-order valence-electron chi connectivity index (χ3n) is 3.98. The van der Waals surface area contributed by atoms with E-state index in [1.807, 2.05) is 38.1 Å². The van der Waals surface area contributed by atoms with Crippen LogP contribution >= 0.6 is 0 Å². The predicted molar refractivity (Wildman–Crippen MR) is 93.2 cm³/mol. The Kier molecular flexibility index (Phi) is 4.75. The highest BCUT2D eigenvalue weighted by Gasteiger charge is 2.25. The van der Waals surface area contributed by atoms with E-state index in [0.29, 0.717) is 0 Å². The monoisotopic (exact) mass is 334 g/mol. The highest BCUT2D eigenvalue weighted by Crippen LogP contribution is 2.25. The molecule has 0 aliphatic rings. The van der Waals surface area contributed by atoms with Crippen molar-refractivity contribution in [3.8, 4) is 0 Å². The molecule has 2 aromatic heterocycles. The quantitative estimate of drug-likeness (QED) is 0.573. The van der Waals surface area contributed by atoms with Crippen LogP contribution in [0.25, 0.3) is 0 Å². The number of aromatic nitrogens is 1. The van der Waals surface area contributed by atoms with Crippen LogP contribution in [0.3, 0.4) is 0 Å². The fourth-order valence-corrected chi connectivity index (χ4v) is 2.75. The van der Waals surface area contributed by atoms with Crippen LogP contribution < -0.4 is 5.32 Å². The first-order valence-corrected chi connectivity index (χ1v) is 7.92. The second-order valence-electron chi connectivity index (χ2n) is 5.86. The number of amides is 1. The van der Waals surface area contributed by atoms with Crippen molar-refractivity contribution in [3.05, 3.63) is 89.1 Å². The number of nitrogens with one attached hydrogen (secondary N) is 1. The van der Waals surface area contributed by atoms with Crippen molar-refractivity contribution in [2.45, 2.75) is 19.9 Å². The van der Waals surface area contributed by atoms with Crippen LogP contribution in [-0.2, 0) is 4.79 Å². The molecular formula is C20H18N2O3. The average molecular weight is 334 g/mol. The average Bonchev–Trinajstić information content (AvgIpc) is 3.15. The maximum absolute atomic E-state index is 12.4. The molecule has 0 aliphatic carbocycles. The summed E-state index contributed by atoms with van der Waals surface area (Å²) in [4.78, 5) is 28.8. The summed E-state index contributed by atoms with van der Waals surface area (Å²) in [6.45, 7) is 3.99. The second kappa shape index (κ2) is 7.13. The number of pyridine rings is 1. The van der Waals surface area contributed by atoms with Crippen molar-refractivity contribution in [1.82, 2.24) is 10.3 Å². The zero-order valence-electron chi connectivity index (χ0n) is 14.0. The molecule has 1 amide bonds. The van der Waals surface area contributed by atoms with E-state index in [1.165, 1.54) is 12.3 Å². The molecule has 0 saturated carbocycles. The van der Waals surface area contributed by atoms with Gasteiger partial charge in [0.25, 0.3) is 11.7 Å². The molecule has 0 spiro atoms. The number of benzene rings is 1. The second-order valence-corrected chi connectivity index (χ2v) is 5.86. The molecule has 3 rings (SSSR count). The Labute approximate surface area is 145 Å². The summed E-state index contributed by atoms with van der Waals surface area (Å²) >= 11 is 0. The van der Waals surface area contributed by atoms with Crippen LogP contribution in [-0.4, -0.2) is 16.7 Å². The van der Waals surface area contributed by atoms with Crippen LogP contribution in [0.15, 0.2) is 65.5 Å². The molecule has 1 atom stereocenters. The number of nitrogens with zero attached hydrogens (tertiary/aromatic N) is 1. The minimum atomic E-state index is -0.719. The Morgan fingerprint density at radius 1 is 1.12 bits per heavy atom. The van der Waals surface area contributed by atoms with Gasteiger partial charge in [0.1, 0.15) is 0 Å². The predicted octanol–water partition coefficient (Wildman–Crippen LogP) is 3.38. The first kappa shape index (κ1) is 16.6. The van der Waals surface area contributed by atoms with Crippen molar-refractivity contribution in [1.29, 1.82) is 0 Å². The van der Waals surface area contributed by atoms with Crippen molar-refractivity contribution < 1.29 is 14.0 Å². The first-order chi connectivity index (χ1) is 12.1. The molecule has 3 aromatic rings. The van der Waals surface area contributed by atoms with Crippen LogP contribution in [0.1, 0.15) is 38.9 Å². The summed E-state index contributed by atoms with van der Waals surface area (Å²) in [5.41, 5.74) is 3.87. The summed E-state index contributed by atoms with van der Waals surface area (Å²) in [6.07, 6.45) is 4.71. The van der Waals surface area contributed by atoms with E-state index < -0.39 is 17.7 Å². The number of carbonyl (C=O) groups is 2. The van der Waals surface area contributed by atoms with Gasteiger partial charge in [-0.2, -0.15) is 0 Å². The third-order valence-corrected chi connectivity index (χ3v) is 3.98. The van der Waals surface area contributed by atoms with Gasteiger partial charge in [0.05, 0.1) is 12.3 Å². The molecule has 1 aromatic carbocycles. The van der Waals surface area contributed by atoms with Gasteiger partial charge in [-0.3, -0.25) is 14.6 Å². The van der Waals surface area contributed by atoms with Gasteiger partial charge in [0.2, 0.25) is 0 Å². The summed E-state index contributed by atoms with van der Waals surface area (Å²) in [5, 5.41) is 2.81. The highest BCUT2D eigenvalue weighted by molar-refractivity contribution is 6.42. The molecule has 1 unspecified atom stereocenters. The summed E-state index contributed by atoms with van der Waals surface area (Å²) in [5.74, 6) is -1.41. The standard InChI is InChI=1S/C20H18N2O3/c1-13-7-8-16(14(2)11-13)18(15-5-3-9-21-12-15)22-20(24)19(23)17-6-4-10-25-17/h3-12,18H,1-2H3,(H,22,24). The van der Waals surface area contributed by atoms with Gasteiger partial charge in [-0.05, 0) is 48.7 Å². The van der Waals surface area contributed by atoms with Gasteiger partial charge in [0, 0.05) is 12.4 Å². The molecule has 25 heavy (non-hydrogen) atoms. The Hall–Kier alpha value is -3.21. The third kappa shape index (κ3) is 3.66. The Morgan fingerprint density at radius 2 is 1.96 bits per heavy atom. The lowest BCUT2D eigenvalue weighted by Crippen LogP contribution is -2.35. The van der Waals surface area contributed by atoms with Gasteiger partial charge < -0.3 is 9.73 Å². The number of ketones is 1. The van der Waals surface area contributed by atoms with Crippen molar-refractivity contribution in [3.63, 3.8) is 0 Å². The van der Waals surface area contributed by atoms with Gasteiger partial charge in [-0.25, -0.2) is 0 Å². The zero-order chi connectivity index (χ0) is 17.8. The Morgan fingerprint density at radius 3 is 2.60 bits per heavy atom. The molecule has 5 heteroatoms. The molecule has 126 valence electrons. The van der Waals surface area contributed by atoms with E-state index in [-0.39, 0.29) is 5.76 Å². The summed E-state index contributed by atoms with van der Waals surface area (Å²) in [6, 6.07) is 12.2. The summed E-state index contributed by atoms with van der Waals surface area (Å²) < 4.78 is 5.03. The fourth-order valence-electron chi connectivity index (χ4n) is 2.75. The van der Waals surface area contributed by atoms with Gasteiger partial charge in [-0.15, -0.1) is 0 Å². The largest absolute Gasteiger partial charge is 0.461 e. The van der Waals surface area contributed by atoms with Crippen LogP contribution in [0.5, 0.6) is 0 Å². The van der Waals surface area contributed by atoms with Crippen LogP contribution in [0.4, 0.5) is 0 Å². The van der Waals surface area contributed by atoms with E-state index >= 15 is 0 Å². The lowest BCUT2D eigenvalue weighted by molar-refractivity contribution is -0.117. The number of aryl methyl sites for hydroxylation is 2. The van der Waals surface area contributed by atoms with Crippen molar-refractivity contribution >= 4 is 11.7 Å².